The summed E-state index contributed by atoms with van der Waals surface area (Å²) in [7, 11) is 0. The predicted octanol–water partition coefficient (Wildman–Crippen LogP) is 4.48. The second-order valence-corrected chi connectivity index (χ2v) is 4.94. The minimum absolute atomic E-state index is 1.25. The smallest absolute Gasteiger partial charge is 0.0102 e. The van der Waals surface area contributed by atoms with E-state index < -0.39 is 0 Å². The van der Waals surface area contributed by atoms with Gasteiger partial charge in [0.15, 0.2) is 0 Å². The van der Waals surface area contributed by atoms with Crippen LogP contribution in [0.15, 0.2) is 48.5 Å². The summed E-state index contributed by atoms with van der Waals surface area (Å²) < 4.78 is 0. The molecule has 0 aliphatic heterocycles. The summed E-state index contributed by atoms with van der Waals surface area (Å²) in [4.78, 5) is 0. The van der Waals surface area contributed by atoms with Gasteiger partial charge < -0.3 is 0 Å². The van der Waals surface area contributed by atoms with Gasteiger partial charge in [-0.15, -0.1) is 0 Å². The van der Waals surface area contributed by atoms with Crippen molar-refractivity contribution in [3.05, 3.63) is 59.7 Å². The van der Waals surface area contributed by atoms with Gasteiger partial charge in [0, 0.05) is 0 Å². The zero-order valence-corrected chi connectivity index (χ0v) is 9.74. The highest BCUT2D eigenvalue weighted by Gasteiger charge is 2.14. The van der Waals surface area contributed by atoms with E-state index in [1.165, 1.54) is 40.8 Å². The van der Waals surface area contributed by atoms with E-state index in [0.717, 1.165) is 0 Å². The van der Waals surface area contributed by atoms with Crippen LogP contribution in [0.25, 0.3) is 21.5 Å². The highest BCUT2D eigenvalue weighted by atomic mass is 14.2. The molecule has 1 aliphatic carbocycles. The molecule has 0 aromatic heterocycles. The third-order valence-corrected chi connectivity index (χ3v) is 4.01. The van der Waals surface area contributed by atoms with E-state index >= 15 is 0 Å². The Morgan fingerprint density at radius 3 is 2.53 bits per heavy atom. The summed E-state index contributed by atoms with van der Waals surface area (Å²) in [5, 5.41) is 5.63. The molecule has 0 nitrogen and oxygen atoms in total. The van der Waals surface area contributed by atoms with Gasteiger partial charge >= 0.3 is 0 Å². The molecule has 17 heavy (non-hydrogen) atoms. The summed E-state index contributed by atoms with van der Waals surface area (Å²) in [5.41, 5.74) is 3.15. The lowest BCUT2D eigenvalue weighted by Gasteiger charge is -2.08. The van der Waals surface area contributed by atoms with Gasteiger partial charge in [-0.2, -0.15) is 0 Å². The molecular weight excluding hydrogens is 204 g/mol. The quantitative estimate of drug-likeness (QED) is 0.488. The van der Waals surface area contributed by atoms with Gasteiger partial charge in [0.2, 0.25) is 0 Å². The van der Waals surface area contributed by atoms with E-state index in [9.17, 15) is 0 Å². The number of benzene rings is 3. The fraction of sp³-hybridized carbons (Fsp3) is 0.176. The molecule has 0 heteroatoms. The summed E-state index contributed by atoms with van der Waals surface area (Å²) >= 11 is 0. The SMILES string of the molecule is c1ccc2c(c1)ccc1c3c(ccc12)CCC3. The molecular formula is C17H14. The van der Waals surface area contributed by atoms with Crippen LogP contribution in [-0.4, -0.2) is 0 Å². The Hall–Kier alpha value is -1.82. The molecule has 0 bridgehead atoms. The Bertz CT molecular complexity index is 723. The molecule has 0 spiro atoms. The van der Waals surface area contributed by atoms with Crippen molar-refractivity contribution in [3.63, 3.8) is 0 Å². The first-order valence-corrected chi connectivity index (χ1v) is 6.36. The van der Waals surface area contributed by atoms with Crippen molar-refractivity contribution in [2.75, 3.05) is 0 Å². The van der Waals surface area contributed by atoms with E-state index in [-0.39, 0.29) is 0 Å². The third-order valence-electron chi connectivity index (χ3n) is 4.01. The lowest BCUT2D eigenvalue weighted by molar-refractivity contribution is 0.913. The zero-order chi connectivity index (χ0) is 11.2. The van der Waals surface area contributed by atoms with Crippen molar-refractivity contribution >= 4 is 21.5 Å². The maximum absolute atomic E-state index is 2.33. The summed E-state index contributed by atoms with van der Waals surface area (Å²) in [6, 6.07) is 17.9. The van der Waals surface area contributed by atoms with Crippen LogP contribution in [0.5, 0.6) is 0 Å². The average Bonchev–Trinajstić information content (AvgIpc) is 2.86. The van der Waals surface area contributed by atoms with Gasteiger partial charge in [-0.05, 0) is 51.9 Å². The molecule has 82 valence electrons. The molecule has 3 aromatic rings. The summed E-state index contributed by atoms with van der Waals surface area (Å²) in [6.07, 6.45) is 3.84. The Balaban J connectivity index is 2.22. The van der Waals surface area contributed by atoms with Crippen LogP contribution in [0, 0.1) is 0 Å². The number of hydrogen-bond donors (Lipinski definition) is 0. The first-order chi connectivity index (χ1) is 8.43. The van der Waals surface area contributed by atoms with Crippen molar-refractivity contribution in [2.24, 2.45) is 0 Å². The van der Waals surface area contributed by atoms with Gasteiger partial charge in [0.25, 0.3) is 0 Å². The monoisotopic (exact) mass is 218 g/mol. The predicted molar refractivity (Wildman–Crippen MR) is 73.5 cm³/mol. The Labute approximate surface area is 101 Å². The van der Waals surface area contributed by atoms with Crippen LogP contribution < -0.4 is 0 Å². The standard InChI is InChI=1S/C17H14/c1-2-6-14-12(4-1)8-10-17-15-7-3-5-13(15)9-11-16(14)17/h1-2,4,6,8-11H,3,5,7H2. The third kappa shape index (κ3) is 1.24. The second kappa shape index (κ2) is 3.33. The highest BCUT2D eigenvalue weighted by molar-refractivity contribution is 6.08. The van der Waals surface area contributed by atoms with Crippen molar-refractivity contribution in [2.45, 2.75) is 19.3 Å². The summed E-state index contributed by atoms with van der Waals surface area (Å²) in [6.45, 7) is 0. The minimum Gasteiger partial charge on any atom is -0.0616 e. The summed E-state index contributed by atoms with van der Waals surface area (Å²) in [5.74, 6) is 0. The normalized spacial score (nSPS) is 14.4. The van der Waals surface area contributed by atoms with Crippen LogP contribution in [0.2, 0.25) is 0 Å². The largest absolute Gasteiger partial charge is 0.0616 e. The van der Waals surface area contributed by atoms with Crippen LogP contribution in [0.4, 0.5) is 0 Å². The van der Waals surface area contributed by atoms with Crippen LogP contribution in [-0.2, 0) is 12.8 Å². The molecule has 1 aliphatic rings. The van der Waals surface area contributed by atoms with Crippen molar-refractivity contribution < 1.29 is 0 Å². The fourth-order valence-corrected chi connectivity index (χ4v) is 3.18. The maximum Gasteiger partial charge on any atom is -0.0102 e. The van der Waals surface area contributed by atoms with E-state index in [2.05, 4.69) is 48.5 Å². The second-order valence-electron chi connectivity index (χ2n) is 4.94. The van der Waals surface area contributed by atoms with Gasteiger partial charge in [0.05, 0.1) is 0 Å². The van der Waals surface area contributed by atoms with Crippen LogP contribution in [0.3, 0.4) is 0 Å². The molecule has 3 aromatic carbocycles. The maximum atomic E-state index is 2.33. The van der Waals surface area contributed by atoms with Crippen LogP contribution in [0.1, 0.15) is 17.5 Å². The first kappa shape index (κ1) is 9.23. The average molecular weight is 218 g/mol. The fourth-order valence-electron chi connectivity index (χ4n) is 3.18. The Morgan fingerprint density at radius 1 is 0.647 bits per heavy atom. The first-order valence-electron chi connectivity index (χ1n) is 6.36. The molecule has 0 radical (unpaired) electrons. The molecule has 0 heterocycles. The lowest BCUT2D eigenvalue weighted by Crippen LogP contribution is -1.86. The van der Waals surface area contributed by atoms with Gasteiger partial charge in [-0.1, -0.05) is 48.5 Å². The molecule has 0 fully saturated rings. The van der Waals surface area contributed by atoms with Crippen molar-refractivity contribution in [1.82, 2.24) is 0 Å². The minimum atomic E-state index is 1.25. The number of rotatable bonds is 0. The Morgan fingerprint density at radius 2 is 1.53 bits per heavy atom. The Kier molecular flexibility index (Phi) is 1.81. The zero-order valence-electron chi connectivity index (χ0n) is 9.74. The molecule has 0 saturated heterocycles. The van der Waals surface area contributed by atoms with Crippen molar-refractivity contribution in [3.8, 4) is 0 Å². The lowest BCUT2D eigenvalue weighted by atomic mass is 9.96. The molecule has 4 rings (SSSR count). The van der Waals surface area contributed by atoms with E-state index in [4.69, 9.17) is 0 Å². The molecule has 0 atom stereocenters. The number of aryl methyl sites for hydroxylation is 2. The van der Waals surface area contributed by atoms with Gasteiger partial charge in [-0.3, -0.25) is 0 Å². The van der Waals surface area contributed by atoms with Gasteiger partial charge in [-0.25, -0.2) is 0 Å². The van der Waals surface area contributed by atoms with E-state index in [0.29, 0.717) is 0 Å². The molecule has 0 saturated carbocycles. The van der Waals surface area contributed by atoms with Gasteiger partial charge in [0.1, 0.15) is 0 Å². The molecule has 0 unspecified atom stereocenters. The highest BCUT2D eigenvalue weighted by Crippen LogP contribution is 2.33. The molecule has 0 N–H and O–H groups in total. The van der Waals surface area contributed by atoms with E-state index in [1.54, 1.807) is 11.1 Å². The number of hydrogen-bond acceptors (Lipinski definition) is 0. The van der Waals surface area contributed by atoms with Crippen molar-refractivity contribution in [1.29, 1.82) is 0 Å². The topological polar surface area (TPSA) is 0 Å². The molecule has 0 amide bonds. The number of fused-ring (bicyclic) bond motifs is 5. The van der Waals surface area contributed by atoms with Crippen LogP contribution >= 0.6 is 0 Å². The van der Waals surface area contributed by atoms with E-state index in [1.807, 2.05) is 0 Å².